The fourth-order valence-electron chi connectivity index (χ4n) is 2.94. The summed E-state index contributed by atoms with van der Waals surface area (Å²) in [5, 5.41) is 18.8. The van der Waals surface area contributed by atoms with Crippen molar-refractivity contribution < 1.29 is 0 Å². The van der Waals surface area contributed by atoms with Gasteiger partial charge in [-0.2, -0.15) is 15.3 Å². The number of aromatic nitrogens is 3. The molecule has 0 amide bonds. The van der Waals surface area contributed by atoms with E-state index in [-0.39, 0.29) is 0 Å². The Labute approximate surface area is 160 Å². The fourth-order valence-corrected chi connectivity index (χ4v) is 2.94. The van der Waals surface area contributed by atoms with Gasteiger partial charge in [0.1, 0.15) is 16.7 Å². The summed E-state index contributed by atoms with van der Waals surface area (Å²) in [5.41, 5.74) is 11.6. The first-order valence-corrected chi connectivity index (χ1v) is 8.76. The number of hydrazine groups is 2. The highest BCUT2D eigenvalue weighted by Gasteiger charge is 2.15. The van der Waals surface area contributed by atoms with Crippen LogP contribution in [0.4, 0.5) is 11.4 Å². The first kappa shape index (κ1) is 16.2. The molecule has 0 spiro atoms. The van der Waals surface area contributed by atoms with Crippen molar-refractivity contribution in [3.8, 4) is 0 Å². The van der Waals surface area contributed by atoms with Crippen LogP contribution in [0.15, 0.2) is 83.0 Å². The zero-order valence-electron chi connectivity index (χ0n) is 14.8. The van der Waals surface area contributed by atoms with Crippen LogP contribution in [0.2, 0.25) is 0 Å². The number of benzene rings is 3. The van der Waals surface area contributed by atoms with Crippen LogP contribution in [0, 0.1) is 0 Å². The summed E-state index contributed by atoms with van der Waals surface area (Å²) in [4.78, 5) is 1.52. The maximum atomic E-state index is 4.49. The molecule has 1 aliphatic rings. The molecule has 0 fully saturated rings. The quantitative estimate of drug-likeness (QED) is 0.541. The molecule has 2 heterocycles. The Morgan fingerprint density at radius 2 is 1.61 bits per heavy atom. The van der Waals surface area contributed by atoms with Gasteiger partial charge in [0.2, 0.25) is 0 Å². The maximum Gasteiger partial charge on any atom is 0.115 e. The lowest BCUT2D eigenvalue weighted by Crippen LogP contribution is -2.31. The molecule has 0 bridgehead atoms. The van der Waals surface area contributed by atoms with E-state index in [1.165, 1.54) is 4.79 Å². The molecule has 3 aromatic carbocycles. The number of hydrogen-bond acceptors (Lipinski definition) is 7. The lowest BCUT2D eigenvalue weighted by molar-refractivity contribution is 0.718. The van der Waals surface area contributed by atoms with Gasteiger partial charge >= 0.3 is 0 Å². The summed E-state index contributed by atoms with van der Waals surface area (Å²) < 4.78 is 0. The second-order valence-corrected chi connectivity index (χ2v) is 6.19. The van der Waals surface area contributed by atoms with Crippen LogP contribution in [0.25, 0.3) is 11.0 Å². The number of rotatable bonds is 4. The predicted molar refractivity (Wildman–Crippen MR) is 110 cm³/mol. The summed E-state index contributed by atoms with van der Waals surface area (Å²) in [6, 6.07) is 23.6. The minimum absolute atomic E-state index is 0.813. The van der Waals surface area contributed by atoms with Crippen LogP contribution in [0.5, 0.6) is 0 Å². The maximum absolute atomic E-state index is 4.49. The second-order valence-electron chi connectivity index (χ2n) is 6.19. The number of hydrogen-bond donors (Lipinski definition) is 2. The van der Waals surface area contributed by atoms with E-state index < -0.39 is 0 Å². The van der Waals surface area contributed by atoms with Crippen LogP contribution in [-0.2, 0) is 0 Å². The van der Waals surface area contributed by atoms with Crippen LogP contribution < -0.4 is 16.1 Å². The molecule has 28 heavy (non-hydrogen) atoms. The average Bonchev–Trinajstić information content (AvgIpc) is 3.35. The molecule has 0 unspecified atom stereocenters. The highest BCUT2D eigenvalue weighted by Crippen LogP contribution is 2.27. The molecule has 0 atom stereocenters. The minimum atomic E-state index is 0.813. The Balaban J connectivity index is 1.35. The van der Waals surface area contributed by atoms with E-state index in [1.807, 2.05) is 72.8 Å². The summed E-state index contributed by atoms with van der Waals surface area (Å²) in [7, 11) is 0. The molecule has 2 N–H and O–H groups in total. The van der Waals surface area contributed by atoms with Crippen molar-refractivity contribution in [3.63, 3.8) is 0 Å². The summed E-state index contributed by atoms with van der Waals surface area (Å²) >= 11 is 0. The van der Waals surface area contributed by atoms with Gasteiger partial charge in [-0.05, 0) is 46.7 Å². The van der Waals surface area contributed by atoms with Gasteiger partial charge < -0.3 is 5.43 Å². The van der Waals surface area contributed by atoms with Crippen molar-refractivity contribution in [2.45, 2.75) is 0 Å². The van der Waals surface area contributed by atoms with Gasteiger partial charge in [0.15, 0.2) is 0 Å². The molecule has 0 aliphatic carbocycles. The van der Waals surface area contributed by atoms with Gasteiger partial charge in [0, 0.05) is 0 Å². The average molecular weight is 368 g/mol. The first-order chi connectivity index (χ1) is 13.9. The summed E-state index contributed by atoms with van der Waals surface area (Å²) in [6.07, 6.45) is 3.54. The standard InChI is InChI=1S/C20H16N8/c1-3-10-19-17(8-1)23-25-27(19)21-13-15-6-5-7-16(12-15)14-22-28-20-11-4-2-9-18(20)24-26-28/h1-14,23,25H. The molecule has 5 rings (SSSR count). The number of fused-ring (bicyclic) bond motifs is 2. The van der Waals surface area contributed by atoms with Crippen molar-refractivity contribution >= 4 is 34.8 Å². The molecule has 136 valence electrons. The smallest absolute Gasteiger partial charge is 0.115 e. The van der Waals surface area contributed by atoms with Crippen molar-refractivity contribution in [2.24, 2.45) is 10.2 Å². The molecule has 4 aromatic rings. The number of nitrogens with zero attached hydrogens (tertiary/aromatic N) is 6. The van der Waals surface area contributed by atoms with Gasteiger partial charge in [-0.3, -0.25) is 0 Å². The SMILES string of the molecule is C(=NN1NNc2ccccc21)c1cccc(C=Nn2nnc3ccccc32)c1. The normalized spacial score (nSPS) is 13.5. The Morgan fingerprint density at radius 3 is 2.54 bits per heavy atom. The zero-order chi connectivity index (χ0) is 18.8. The topological polar surface area (TPSA) is 82.7 Å². The molecule has 0 saturated carbocycles. The van der Waals surface area contributed by atoms with Gasteiger partial charge in [0.05, 0.1) is 18.1 Å². The molecule has 0 radical (unpaired) electrons. The number of para-hydroxylation sites is 3. The molecule has 1 aliphatic heterocycles. The lowest BCUT2D eigenvalue weighted by atomic mass is 10.1. The van der Waals surface area contributed by atoms with Crippen molar-refractivity contribution in [2.75, 3.05) is 10.5 Å². The van der Waals surface area contributed by atoms with E-state index in [0.717, 1.165) is 33.5 Å². The zero-order valence-corrected chi connectivity index (χ0v) is 14.8. The van der Waals surface area contributed by atoms with Gasteiger partial charge in [-0.15, -0.1) is 15.4 Å². The minimum Gasteiger partial charge on any atom is -0.300 e. The van der Waals surface area contributed by atoms with E-state index >= 15 is 0 Å². The Kier molecular flexibility index (Phi) is 4.00. The molecule has 0 saturated heterocycles. The highest BCUT2D eigenvalue weighted by molar-refractivity contribution is 5.87. The molecule has 1 aromatic heterocycles. The van der Waals surface area contributed by atoms with E-state index in [9.17, 15) is 0 Å². The van der Waals surface area contributed by atoms with Crippen molar-refractivity contribution in [1.82, 2.24) is 20.6 Å². The Morgan fingerprint density at radius 1 is 0.821 bits per heavy atom. The van der Waals surface area contributed by atoms with E-state index in [2.05, 4.69) is 31.5 Å². The number of hydrazone groups is 1. The third kappa shape index (κ3) is 3.08. The van der Waals surface area contributed by atoms with Gasteiger partial charge in [-0.25, -0.2) is 0 Å². The number of nitrogens with one attached hydrogen (secondary N) is 2. The van der Waals surface area contributed by atoms with Crippen LogP contribution in [0.1, 0.15) is 11.1 Å². The van der Waals surface area contributed by atoms with E-state index in [4.69, 9.17) is 0 Å². The number of anilines is 2. The Bertz CT molecular complexity index is 1190. The summed E-state index contributed by atoms with van der Waals surface area (Å²) in [6.45, 7) is 0. The predicted octanol–water partition coefficient (Wildman–Crippen LogP) is 3.00. The Hall–Kier alpha value is -4.04. The van der Waals surface area contributed by atoms with Gasteiger partial charge in [0.25, 0.3) is 0 Å². The lowest BCUT2D eigenvalue weighted by Gasteiger charge is -2.10. The van der Waals surface area contributed by atoms with Crippen molar-refractivity contribution in [3.05, 3.63) is 83.9 Å². The molecule has 8 heteroatoms. The van der Waals surface area contributed by atoms with Crippen LogP contribution >= 0.6 is 0 Å². The van der Waals surface area contributed by atoms with Gasteiger partial charge in [-0.1, -0.05) is 42.5 Å². The van der Waals surface area contributed by atoms with E-state index in [0.29, 0.717) is 0 Å². The molecular formula is C20H16N8. The first-order valence-electron chi connectivity index (χ1n) is 8.76. The highest BCUT2D eigenvalue weighted by atomic mass is 15.8. The summed E-state index contributed by atoms with van der Waals surface area (Å²) in [5.74, 6) is 0. The van der Waals surface area contributed by atoms with Crippen molar-refractivity contribution in [1.29, 1.82) is 0 Å². The van der Waals surface area contributed by atoms with Crippen LogP contribution in [-0.4, -0.2) is 27.5 Å². The third-order valence-electron chi connectivity index (χ3n) is 4.31. The van der Waals surface area contributed by atoms with E-state index in [1.54, 1.807) is 17.5 Å². The molecule has 8 nitrogen and oxygen atoms in total. The second kappa shape index (κ2) is 6.93. The van der Waals surface area contributed by atoms with Crippen LogP contribution in [0.3, 0.4) is 0 Å². The third-order valence-corrected chi connectivity index (χ3v) is 4.31. The monoisotopic (exact) mass is 368 g/mol. The fraction of sp³-hybridized carbons (Fsp3) is 0. The molecular weight excluding hydrogens is 352 g/mol. The largest absolute Gasteiger partial charge is 0.300 e.